The average molecular weight is 425 g/mol. The summed E-state index contributed by atoms with van der Waals surface area (Å²) in [5.41, 5.74) is 4.19. The Morgan fingerprint density at radius 2 is 1.53 bits per heavy atom. The largest absolute Gasteiger partial charge is 0.354 e. The Morgan fingerprint density at radius 1 is 0.906 bits per heavy atom. The number of nitrogens with zero attached hydrogens (tertiary/aromatic N) is 1. The Kier molecular flexibility index (Phi) is 5.30. The summed E-state index contributed by atoms with van der Waals surface area (Å²) in [6.45, 7) is 2.95. The lowest BCUT2D eigenvalue weighted by Gasteiger charge is -2.30. The second-order valence-corrected chi connectivity index (χ2v) is 9.08. The highest BCUT2D eigenvalue weighted by Gasteiger charge is 2.36. The van der Waals surface area contributed by atoms with Crippen LogP contribution in [-0.2, 0) is 16.8 Å². The third kappa shape index (κ3) is 3.60. The number of hydrogen-bond donors (Lipinski definition) is 1. The molecule has 0 saturated heterocycles. The topological polar surface area (TPSA) is 51.1 Å². The fraction of sp³-hybridized carbons (Fsp3) is 0.286. The van der Waals surface area contributed by atoms with E-state index in [2.05, 4.69) is 36.5 Å². The molecule has 1 heterocycles. The molecule has 1 aliphatic rings. The van der Waals surface area contributed by atoms with Crippen molar-refractivity contribution >= 4 is 27.7 Å². The van der Waals surface area contributed by atoms with Crippen LogP contribution >= 0.6 is 0 Å². The molecule has 162 valence electrons. The second kappa shape index (κ2) is 8.27. The van der Waals surface area contributed by atoms with Crippen molar-refractivity contribution < 1.29 is 4.79 Å². The molecule has 4 aromatic rings. The Labute approximate surface area is 187 Å². The quantitative estimate of drug-likeness (QED) is 0.454. The first-order chi connectivity index (χ1) is 15.6. The van der Waals surface area contributed by atoms with E-state index in [-0.39, 0.29) is 23.3 Å². The third-order valence-electron chi connectivity index (χ3n) is 7.00. The number of carbonyl (C=O) groups is 1. The van der Waals surface area contributed by atoms with E-state index in [0.717, 1.165) is 23.9 Å². The summed E-state index contributed by atoms with van der Waals surface area (Å²) in [6, 6.07) is 23.8. The maximum atomic E-state index is 13.2. The van der Waals surface area contributed by atoms with Crippen LogP contribution in [0.4, 0.5) is 0 Å². The lowest BCUT2D eigenvalue weighted by Crippen LogP contribution is -2.40. The van der Waals surface area contributed by atoms with E-state index < -0.39 is 0 Å². The number of aromatic nitrogens is 1. The number of hydrogen-bond acceptors (Lipinski definition) is 2. The monoisotopic (exact) mass is 424 g/mol. The summed E-state index contributed by atoms with van der Waals surface area (Å²) < 4.78 is 1.97. The fourth-order valence-electron chi connectivity index (χ4n) is 5.31. The van der Waals surface area contributed by atoms with Crippen LogP contribution in [0.25, 0.3) is 21.8 Å². The van der Waals surface area contributed by atoms with Crippen molar-refractivity contribution in [3.05, 3.63) is 94.1 Å². The molecule has 1 N–H and O–H groups in total. The van der Waals surface area contributed by atoms with Gasteiger partial charge in [0.25, 0.3) is 0 Å². The fourth-order valence-corrected chi connectivity index (χ4v) is 5.31. The number of benzene rings is 3. The van der Waals surface area contributed by atoms with Gasteiger partial charge in [-0.25, -0.2) is 0 Å². The number of para-hydroxylation sites is 2. The summed E-state index contributed by atoms with van der Waals surface area (Å²) in [4.78, 5) is 26.1. The van der Waals surface area contributed by atoms with Gasteiger partial charge >= 0.3 is 0 Å². The minimum absolute atomic E-state index is 0.00928. The molecule has 1 amide bonds. The predicted molar refractivity (Wildman–Crippen MR) is 130 cm³/mol. The summed E-state index contributed by atoms with van der Waals surface area (Å²) in [5, 5.41) is 4.53. The van der Waals surface area contributed by atoms with Crippen LogP contribution in [-0.4, -0.2) is 17.0 Å². The molecule has 0 radical (unpaired) electrons. The highest BCUT2D eigenvalue weighted by molar-refractivity contribution is 5.94. The molecule has 0 atom stereocenters. The van der Waals surface area contributed by atoms with Crippen LogP contribution in [0.2, 0.25) is 0 Å². The highest BCUT2D eigenvalue weighted by atomic mass is 16.2. The van der Waals surface area contributed by atoms with E-state index in [1.165, 1.54) is 24.0 Å². The number of pyridine rings is 1. The van der Waals surface area contributed by atoms with Crippen molar-refractivity contribution in [2.75, 3.05) is 6.54 Å². The van der Waals surface area contributed by atoms with Crippen LogP contribution in [0, 0.1) is 6.92 Å². The molecule has 4 nitrogen and oxygen atoms in total. The molecule has 1 saturated carbocycles. The van der Waals surface area contributed by atoms with Crippen LogP contribution in [0.15, 0.2) is 77.6 Å². The van der Waals surface area contributed by atoms with Crippen molar-refractivity contribution in [3.63, 3.8) is 0 Å². The summed E-state index contributed by atoms with van der Waals surface area (Å²) in [7, 11) is 0. The standard InChI is InChI=1S/C28H28N2O2/c1-20-9-8-10-21(17-20)28(15-6-7-16-28)19-29-26(31)18-30-24-13-4-2-11-22(24)27(32)23-12-3-5-14-25(23)30/h2-5,8-14,17H,6-7,15-16,18-19H2,1H3,(H,29,31). The van der Waals surface area contributed by atoms with E-state index in [4.69, 9.17) is 0 Å². The van der Waals surface area contributed by atoms with Crippen LogP contribution in [0.5, 0.6) is 0 Å². The van der Waals surface area contributed by atoms with Crippen LogP contribution < -0.4 is 10.7 Å². The zero-order valence-electron chi connectivity index (χ0n) is 18.4. The van der Waals surface area contributed by atoms with E-state index in [9.17, 15) is 9.59 Å². The first-order valence-corrected chi connectivity index (χ1v) is 11.4. The number of amides is 1. The molecule has 0 bridgehead atoms. The van der Waals surface area contributed by atoms with Crippen molar-refractivity contribution in [2.45, 2.75) is 44.6 Å². The first kappa shape index (κ1) is 20.5. The van der Waals surface area contributed by atoms with Crippen molar-refractivity contribution in [3.8, 4) is 0 Å². The Morgan fingerprint density at radius 3 is 2.16 bits per heavy atom. The Balaban J connectivity index is 1.45. The van der Waals surface area contributed by atoms with E-state index in [0.29, 0.717) is 17.3 Å². The average Bonchev–Trinajstić information content (AvgIpc) is 3.31. The lowest BCUT2D eigenvalue weighted by atomic mass is 9.78. The molecule has 32 heavy (non-hydrogen) atoms. The molecule has 1 fully saturated rings. The van der Waals surface area contributed by atoms with Gasteiger partial charge in [0.05, 0.1) is 11.0 Å². The van der Waals surface area contributed by atoms with Gasteiger partial charge in [0, 0.05) is 22.7 Å². The normalized spacial score (nSPS) is 15.3. The Bertz CT molecular complexity index is 1300. The van der Waals surface area contributed by atoms with Gasteiger partial charge in [-0.3, -0.25) is 9.59 Å². The van der Waals surface area contributed by atoms with Crippen molar-refractivity contribution in [1.29, 1.82) is 0 Å². The SMILES string of the molecule is Cc1cccc(C2(CNC(=O)Cn3c4ccccc4c(=O)c4ccccc43)CCCC2)c1. The molecule has 4 heteroatoms. The molecule has 1 aliphatic carbocycles. The van der Waals surface area contributed by atoms with Gasteiger partial charge in [-0.05, 0) is 49.6 Å². The van der Waals surface area contributed by atoms with Crippen molar-refractivity contribution in [1.82, 2.24) is 9.88 Å². The smallest absolute Gasteiger partial charge is 0.239 e. The number of aryl methyl sites for hydroxylation is 1. The van der Waals surface area contributed by atoms with Gasteiger partial charge in [0.15, 0.2) is 5.43 Å². The Hall–Kier alpha value is -3.40. The van der Waals surface area contributed by atoms with Gasteiger partial charge in [0.1, 0.15) is 6.54 Å². The van der Waals surface area contributed by atoms with Crippen LogP contribution in [0.3, 0.4) is 0 Å². The van der Waals surface area contributed by atoms with E-state index >= 15 is 0 Å². The van der Waals surface area contributed by atoms with Crippen LogP contribution in [0.1, 0.15) is 36.8 Å². The molecule has 1 aromatic heterocycles. The summed E-state index contributed by atoms with van der Waals surface area (Å²) in [6.07, 6.45) is 4.58. The van der Waals surface area contributed by atoms with Crippen molar-refractivity contribution in [2.24, 2.45) is 0 Å². The summed E-state index contributed by atoms with van der Waals surface area (Å²) in [5.74, 6) is -0.0251. The minimum Gasteiger partial charge on any atom is -0.354 e. The molecule has 5 rings (SSSR count). The number of carbonyl (C=O) groups excluding carboxylic acids is 1. The number of nitrogens with one attached hydrogen (secondary N) is 1. The molecular weight excluding hydrogens is 396 g/mol. The predicted octanol–water partition coefficient (Wildman–Crippen LogP) is 5.09. The maximum Gasteiger partial charge on any atom is 0.239 e. The highest BCUT2D eigenvalue weighted by Crippen LogP contribution is 2.40. The first-order valence-electron chi connectivity index (χ1n) is 11.4. The van der Waals surface area contributed by atoms with Gasteiger partial charge < -0.3 is 9.88 Å². The third-order valence-corrected chi connectivity index (χ3v) is 7.00. The molecule has 0 spiro atoms. The number of rotatable bonds is 5. The maximum absolute atomic E-state index is 13.2. The molecule has 3 aromatic carbocycles. The molecule has 0 unspecified atom stereocenters. The summed E-state index contributed by atoms with van der Waals surface area (Å²) >= 11 is 0. The second-order valence-electron chi connectivity index (χ2n) is 9.08. The van der Waals surface area contributed by atoms with Gasteiger partial charge in [0.2, 0.25) is 5.91 Å². The minimum atomic E-state index is -0.0251. The van der Waals surface area contributed by atoms with Gasteiger partial charge in [-0.15, -0.1) is 0 Å². The zero-order valence-corrected chi connectivity index (χ0v) is 18.4. The molecule has 0 aliphatic heterocycles. The van der Waals surface area contributed by atoms with E-state index in [1.54, 1.807) is 0 Å². The molecular formula is C28H28N2O2. The zero-order chi connectivity index (χ0) is 22.1. The van der Waals surface area contributed by atoms with E-state index in [1.807, 2.05) is 53.1 Å². The van der Waals surface area contributed by atoms with Gasteiger partial charge in [-0.2, -0.15) is 0 Å². The lowest BCUT2D eigenvalue weighted by molar-refractivity contribution is -0.121. The van der Waals surface area contributed by atoms with Gasteiger partial charge in [-0.1, -0.05) is 66.9 Å². The number of fused-ring (bicyclic) bond motifs is 2.